The number of carbonyl (C=O) groups is 1. The van der Waals surface area contributed by atoms with E-state index in [2.05, 4.69) is 19.2 Å². The molecule has 0 aliphatic carbocycles. The number of amides is 1. The normalized spacial score (nSPS) is 30.9. The Labute approximate surface area is 455 Å². The highest BCUT2D eigenvalue weighted by molar-refractivity contribution is 5.76. The molecule has 0 aromatic heterocycles. The third-order valence-electron chi connectivity index (χ3n) is 15.7. The summed E-state index contributed by atoms with van der Waals surface area (Å²) in [6, 6.07) is -0.879. The fourth-order valence-corrected chi connectivity index (χ4v) is 10.7. The van der Waals surface area contributed by atoms with Crippen molar-refractivity contribution in [3.05, 3.63) is 0 Å². The van der Waals surface area contributed by atoms with Crippen molar-refractivity contribution in [3.63, 3.8) is 0 Å². The molecule has 3 fully saturated rings. The van der Waals surface area contributed by atoms with Gasteiger partial charge in [0.15, 0.2) is 18.9 Å². The van der Waals surface area contributed by atoms with Gasteiger partial charge in [0.05, 0.1) is 38.6 Å². The van der Waals surface area contributed by atoms with E-state index in [4.69, 9.17) is 28.4 Å². The first-order valence-electron chi connectivity index (χ1n) is 30.3. The van der Waals surface area contributed by atoms with E-state index >= 15 is 0 Å². The van der Waals surface area contributed by atoms with E-state index in [0.717, 1.165) is 44.9 Å². The summed E-state index contributed by atoms with van der Waals surface area (Å²) in [4.78, 5) is 13.3. The number of ether oxygens (including phenoxy) is 6. The van der Waals surface area contributed by atoms with Gasteiger partial charge in [-0.1, -0.05) is 206 Å². The zero-order valence-corrected chi connectivity index (χ0v) is 46.8. The Kier molecular flexibility index (Phi) is 37.9. The van der Waals surface area contributed by atoms with E-state index in [9.17, 15) is 61.0 Å². The summed E-state index contributed by atoms with van der Waals surface area (Å²) in [5.74, 6) is -0.240. The summed E-state index contributed by atoms with van der Waals surface area (Å²) in [5, 5.41) is 120. The van der Waals surface area contributed by atoms with Gasteiger partial charge in [0, 0.05) is 6.42 Å². The van der Waals surface area contributed by atoms with E-state index in [1.165, 1.54) is 148 Å². The molecule has 0 radical (unpaired) electrons. The molecule has 0 bridgehead atoms. The second kappa shape index (κ2) is 41.7. The maximum Gasteiger partial charge on any atom is 0.220 e. The predicted octanol–water partition coefficient (Wildman–Crippen LogP) is 5.21. The van der Waals surface area contributed by atoms with Crippen LogP contribution >= 0.6 is 0 Å². The van der Waals surface area contributed by atoms with Crippen LogP contribution in [0.3, 0.4) is 0 Å². The average molecular weight is 1100 g/mol. The number of nitrogens with one attached hydrogen (secondary N) is 1. The maximum absolute atomic E-state index is 13.3. The van der Waals surface area contributed by atoms with Crippen molar-refractivity contribution in [3.8, 4) is 0 Å². The average Bonchev–Trinajstić information content (AvgIpc) is 3.41. The summed E-state index contributed by atoms with van der Waals surface area (Å²) in [6.07, 6.45) is 11.8. The van der Waals surface area contributed by atoms with Crippen molar-refractivity contribution < 1.29 is 89.4 Å². The minimum atomic E-state index is -1.97. The van der Waals surface area contributed by atoms with Gasteiger partial charge in [-0.3, -0.25) is 4.79 Å². The standard InChI is InChI=1S/C57H109NO18/c1-3-5-7-9-11-13-15-17-19-20-21-22-24-26-28-30-32-34-41(62)40(58-45(63)35-33-31-29-27-25-23-18-16-14-12-10-8-6-4-2)39-71-55-51(69)48(66)53(43(37-60)73-55)76-57-52(70)49(67)54(44(38-61)74-57)75-56-50(68)47(65)46(64)42(36-59)72-56/h40-44,46-57,59-62,64-70H,3-39H2,1-2H3,(H,58,63). The van der Waals surface area contributed by atoms with Crippen LogP contribution in [0.25, 0.3) is 0 Å². The van der Waals surface area contributed by atoms with Crippen molar-refractivity contribution in [1.29, 1.82) is 0 Å². The molecule has 19 heteroatoms. The lowest BCUT2D eigenvalue weighted by Gasteiger charge is -2.48. The molecular weight excluding hydrogens is 987 g/mol. The van der Waals surface area contributed by atoms with Crippen LogP contribution in [0.4, 0.5) is 0 Å². The second-order valence-electron chi connectivity index (χ2n) is 22.2. The highest BCUT2D eigenvalue weighted by Crippen LogP contribution is 2.33. The Balaban J connectivity index is 1.50. The Morgan fingerprint density at radius 2 is 0.750 bits per heavy atom. The lowest BCUT2D eigenvalue weighted by molar-refractivity contribution is -0.379. The Bertz CT molecular complexity index is 1400. The van der Waals surface area contributed by atoms with Gasteiger partial charge in [-0.15, -0.1) is 0 Å². The van der Waals surface area contributed by atoms with Crippen molar-refractivity contribution in [2.75, 3.05) is 26.4 Å². The lowest BCUT2D eigenvalue weighted by Crippen LogP contribution is -2.66. The molecule has 0 aromatic carbocycles. The summed E-state index contributed by atoms with van der Waals surface area (Å²) in [6.45, 7) is 1.80. The van der Waals surface area contributed by atoms with Crippen LogP contribution in [0.1, 0.15) is 226 Å². The van der Waals surface area contributed by atoms with E-state index in [0.29, 0.717) is 12.8 Å². The van der Waals surface area contributed by atoms with Gasteiger partial charge < -0.3 is 89.9 Å². The minimum absolute atomic E-state index is 0.240. The Hall–Kier alpha value is -1.21. The number of carbonyl (C=O) groups excluding carboxylic acids is 1. The fourth-order valence-electron chi connectivity index (χ4n) is 10.7. The summed E-state index contributed by atoms with van der Waals surface area (Å²) >= 11 is 0. The summed E-state index contributed by atoms with van der Waals surface area (Å²) < 4.78 is 34.3. The topological polar surface area (TPSA) is 307 Å². The number of unbranched alkanes of at least 4 members (excludes halogenated alkanes) is 29. The third-order valence-corrected chi connectivity index (χ3v) is 15.7. The lowest BCUT2D eigenvalue weighted by atomic mass is 9.96. The molecule has 450 valence electrons. The summed E-state index contributed by atoms with van der Waals surface area (Å²) in [5.41, 5.74) is 0. The molecule has 3 aliphatic rings. The predicted molar refractivity (Wildman–Crippen MR) is 287 cm³/mol. The molecule has 3 heterocycles. The molecule has 17 atom stereocenters. The molecule has 0 aromatic rings. The van der Waals surface area contributed by atoms with E-state index in [1.54, 1.807) is 0 Å². The third kappa shape index (κ3) is 25.7. The zero-order valence-electron chi connectivity index (χ0n) is 46.8. The quantitative estimate of drug-likeness (QED) is 0.0348. The van der Waals surface area contributed by atoms with Crippen LogP contribution in [0.15, 0.2) is 0 Å². The van der Waals surface area contributed by atoms with Gasteiger partial charge in [-0.25, -0.2) is 0 Å². The molecule has 3 aliphatic heterocycles. The van der Waals surface area contributed by atoms with Crippen LogP contribution in [0.5, 0.6) is 0 Å². The van der Waals surface area contributed by atoms with E-state index in [-0.39, 0.29) is 18.9 Å². The van der Waals surface area contributed by atoms with Crippen molar-refractivity contribution in [2.45, 2.75) is 330 Å². The Morgan fingerprint density at radius 1 is 0.421 bits per heavy atom. The number of hydrogen-bond acceptors (Lipinski definition) is 18. The van der Waals surface area contributed by atoms with E-state index < -0.39 is 124 Å². The van der Waals surface area contributed by atoms with E-state index in [1.807, 2.05) is 0 Å². The monoisotopic (exact) mass is 1100 g/mol. The van der Waals surface area contributed by atoms with Crippen LogP contribution in [-0.4, -0.2) is 193 Å². The largest absolute Gasteiger partial charge is 0.394 e. The van der Waals surface area contributed by atoms with Crippen molar-refractivity contribution >= 4 is 5.91 Å². The van der Waals surface area contributed by atoms with Gasteiger partial charge in [0.1, 0.15) is 73.2 Å². The highest BCUT2D eigenvalue weighted by atomic mass is 16.8. The number of aliphatic hydroxyl groups is 11. The first-order valence-corrected chi connectivity index (χ1v) is 30.3. The first kappa shape index (κ1) is 69.1. The maximum atomic E-state index is 13.3. The highest BCUT2D eigenvalue weighted by Gasteiger charge is 2.53. The van der Waals surface area contributed by atoms with Gasteiger partial charge in [0.2, 0.25) is 5.91 Å². The fraction of sp³-hybridized carbons (Fsp3) is 0.982. The van der Waals surface area contributed by atoms with Gasteiger partial charge in [0.25, 0.3) is 0 Å². The molecule has 19 nitrogen and oxygen atoms in total. The summed E-state index contributed by atoms with van der Waals surface area (Å²) in [7, 11) is 0. The molecule has 3 rings (SSSR count). The molecule has 17 unspecified atom stereocenters. The molecule has 12 N–H and O–H groups in total. The second-order valence-corrected chi connectivity index (χ2v) is 22.2. The SMILES string of the molecule is CCCCCCCCCCCCCCCCCCCC(O)C(COC1OC(CO)C(OC2OC(CO)C(OC3OC(CO)C(O)C(O)C3O)C(O)C2O)C(O)C1O)NC(=O)CCCCCCCCCCCCCCCC. The van der Waals surface area contributed by atoms with Crippen LogP contribution in [-0.2, 0) is 33.2 Å². The zero-order chi connectivity index (χ0) is 55.5. The molecule has 1 amide bonds. The van der Waals surface area contributed by atoms with Crippen LogP contribution < -0.4 is 5.32 Å². The van der Waals surface area contributed by atoms with Crippen molar-refractivity contribution in [2.24, 2.45) is 0 Å². The molecular formula is C57H109NO18. The first-order chi connectivity index (χ1) is 36.8. The number of aliphatic hydroxyl groups excluding tert-OH is 11. The smallest absolute Gasteiger partial charge is 0.220 e. The van der Waals surface area contributed by atoms with Gasteiger partial charge in [-0.05, 0) is 12.8 Å². The number of rotatable bonds is 45. The van der Waals surface area contributed by atoms with Gasteiger partial charge in [-0.2, -0.15) is 0 Å². The minimum Gasteiger partial charge on any atom is -0.394 e. The molecule has 0 saturated carbocycles. The molecule has 0 spiro atoms. The Morgan fingerprint density at radius 3 is 1.14 bits per heavy atom. The van der Waals surface area contributed by atoms with Gasteiger partial charge >= 0.3 is 0 Å². The molecule has 3 saturated heterocycles. The van der Waals surface area contributed by atoms with Crippen LogP contribution in [0.2, 0.25) is 0 Å². The number of hydrogen-bond donors (Lipinski definition) is 12. The van der Waals surface area contributed by atoms with Crippen molar-refractivity contribution in [1.82, 2.24) is 5.32 Å². The molecule has 76 heavy (non-hydrogen) atoms. The van der Waals surface area contributed by atoms with Crippen LogP contribution in [0, 0.1) is 0 Å².